The van der Waals surface area contributed by atoms with E-state index in [0.717, 1.165) is 40.3 Å². The van der Waals surface area contributed by atoms with Gasteiger partial charge in [0, 0.05) is 17.6 Å². The third-order valence-corrected chi connectivity index (χ3v) is 5.32. The van der Waals surface area contributed by atoms with Gasteiger partial charge in [-0.3, -0.25) is 4.79 Å². The summed E-state index contributed by atoms with van der Waals surface area (Å²) in [6.07, 6.45) is 3.41. The van der Waals surface area contributed by atoms with Crippen LogP contribution in [0.5, 0.6) is 0 Å². The lowest BCUT2D eigenvalue weighted by atomic mass is 10.0. The number of unbranched alkanes of at least 4 members (excludes halogenated alkanes) is 1. The highest BCUT2D eigenvalue weighted by Gasteiger charge is 2.18. The first-order chi connectivity index (χ1) is 13.5. The van der Waals surface area contributed by atoms with E-state index >= 15 is 0 Å². The fourth-order valence-electron chi connectivity index (χ4n) is 3.20. The fraction of sp³-hybridized carbons (Fsp3) is 0.364. The highest BCUT2D eigenvalue weighted by atomic mass is 79.9. The van der Waals surface area contributed by atoms with Crippen molar-refractivity contribution < 1.29 is 9.18 Å². The second-order valence-corrected chi connectivity index (χ2v) is 8.15. The molecule has 1 heterocycles. The van der Waals surface area contributed by atoms with Crippen LogP contribution in [0, 0.1) is 11.7 Å². The molecular weight excluding hydrogens is 421 g/mol. The Morgan fingerprint density at radius 2 is 2.00 bits per heavy atom. The van der Waals surface area contributed by atoms with Crippen LogP contribution in [-0.2, 0) is 6.54 Å². The molecule has 0 bridgehead atoms. The molecule has 1 N–H and O–H groups in total. The highest BCUT2D eigenvalue weighted by molar-refractivity contribution is 9.10. The Labute approximate surface area is 173 Å². The van der Waals surface area contributed by atoms with Crippen molar-refractivity contribution in [2.24, 2.45) is 5.92 Å². The fourth-order valence-corrected chi connectivity index (χ4v) is 3.55. The van der Waals surface area contributed by atoms with Gasteiger partial charge in [0.2, 0.25) is 0 Å². The predicted molar refractivity (Wildman–Crippen MR) is 114 cm³/mol. The molecule has 3 aromatic rings. The summed E-state index contributed by atoms with van der Waals surface area (Å²) in [6.45, 7) is 5.39. The van der Waals surface area contributed by atoms with Crippen LogP contribution < -0.4 is 5.32 Å². The average Bonchev–Trinajstić information content (AvgIpc) is 3.04. The molecule has 2 aromatic carbocycles. The Bertz CT molecular complexity index is 952. The van der Waals surface area contributed by atoms with Crippen LogP contribution >= 0.6 is 15.9 Å². The van der Waals surface area contributed by atoms with Crippen molar-refractivity contribution in [2.75, 3.05) is 6.54 Å². The molecule has 1 amide bonds. The van der Waals surface area contributed by atoms with Crippen molar-refractivity contribution in [1.29, 1.82) is 0 Å². The van der Waals surface area contributed by atoms with E-state index in [1.807, 2.05) is 22.8 Å². The molecule has 1 atom stereocenters. The van der Waals surface area contributed by atoms with Crippen molar-refractivity contribution in [1.82, 2.24) is 14.9 Å². The van der Waals surface area contributed by atoms with Crippen molar-refractivity contribution in [3.05, 3.63) is 64.1 Å². The number of fused-ring (bicyclic) bond motifs is 1. The van der Waals surface area contributed by atoms with Gasteiger partial charge in [-0.25, -0.2) is 9.37 Å². The summed E-state index contributed by atoms with van der Waals surface area (Å²) in [6, 6.07) is 12.1. The minimum atomic E-state index is -0.277. The second kappa shape index (κ2) is 9.32. The predicted octanol–water partition coefficient (Wildman–Crippen LogP) is 5.54. The quantitative estimate of drug-likeness (QED) is 0.494. The minimum Gasteiger partial charge on any atom is -0.349 e. The van der Waals surface area contributed by atoms with Crippen molar-refractivity contribution in [3.8, 4) is 0 Å². The lowest BCUT2D eigenvalue weighted by Gasteiger charge is -2.13. The first kappa shape index (κ1) is 20.5. The maximum absolute atomic E-state index is 13.3. The summed E-state index contributed by atoms with van der Waals surface area (Å²) in [4.78, 5) is 17.4. The van der Waals surface area contributed by atoms with E-state index in [9.17, 15) is 9.18 Å². The number of rotatable bonds is 8. The molecule has 0 aliphatic carbocycles. The van der Waals surface area contributed by atoms with Crippen LogP contribution in [0.15, 0.2) is 46.9 Å². The first-order valence-corrected chi connectivity index (χ1v) is 10.5. The normalized spacial score (nSPS) is 12.3. The number of amides is 1. The van der Waals surface area contributed by atoms with Gasteiger partial charge >= 0.3 is 0 Å². The number of hydrogen-bond acceptors (Lipinski definition) is 2. The number of nitrogens with zero attached hydrogens (tertiary/aromatic N) is 2. The summed E-state index contributed by atoms with van der Waals surface area (Å²) in [5, 5.41) is 3.02. The zero-order valence-corrected chi connectivity index (χ0v) is 17.8. The zero-order chi connectivity index (χ0) is 20.1. The number of carbonyl (C=O) groups excluding carboxylic acids is 1. The monoisotopic (exact) mass is 445 g/mol. The van der Waals surface area contributed by atoms with E-state index < -0.39 is 0 Å². The molecule has 0 radical (unpaired) electrons. The maximum atomic E-state index is 13.3. The Hall–Kier alpha value is -2.21. The number of aromatic nitrogens is 2. The molecule has 148 valence electrons. The summed E-state index contributed by atoms with van der Waals surface area (Å²) in [5.41, 5.74) is 2.53. The van der Waals surface area contributed by atoms with Crippen molar-refractivity contribution in [3.63, 3.8) is 0 Å². The molecule has 0 aliphatic heterocycles. The van der Waals surface area contributed by atoms with Gasteiger partial charge in [-0.05, 0) is 48.2 Å². The van der Waals surface area contributed by atoms with Crippen LogP contribution in [-0.4, -0.2) is 22.0 Å². The number of hydrogen-bond donors (Lipinski definition) is 1. The molecule has 0 aliphatic rings. The van der Waals surface area contributed by atoms with Gasteiger partial charge in [0.15, 0.2) is 5.82 Å². The summed E-state index contributed by atoms with van der Waals surface area (Å²) in [5.74, 6) is 0.340. The van der Waals surface area contributed by atoms with Gasteiger partial charge in [-0.1, -0.05) is 54.8 Å². The Morgan fingerprint density at radius 3 is 2.71 bits per heavy atom. The van der Waals surface area contributed by atoms with E-state index in [4.69, 9.17) is 0 Å². The molecule has 0 saturated heterocycles. The van der Waals surface area contributed by atoms with E-state index in [2.05, 4.69) is 40.1 Å². The number of imidazole rings is 1. The van der Waals surface area contributed by atoms with Crippen LogP contribution in [0.2, 0.25) is 0 Å². The molecular formula is C22H25BrFN3O. The molecule has 0 fully saturated rings. The summed E-state index contributed by atoms with van der Waals surface area (Å²) in [7, 11) is 0. The Morgan fingerprint density at radius 1 is 1.25 bits per heavy atom. The van der Waals surface area contributed by atoms with Crippen LogP contribution in [0.3, 0.4) is 0 Å². The zero-order valence-electron chi connectivity index (χ0n) is 16.2. The molecule has 4 nitrogen and oxygen atoms in total. The Kier molecular flexibility index (Phi) is 6.83. The average molecular weight is 446 g/mol. The lowest BCUT2D eigenvalue weighted by Crippen LogP contribution is -2.30. The molecule has 3 rings (SSSR count). The SMILES string of the molecule is CCCC[C@H](C)CNC(=O)c1nc2ccc(Br)cc2n1Cc1ccc(F)cc1. The van der Waals surface area contributed by atoms with E-state index in [1.54, 1.807) is 12.1 Å². The second-order valence-electron chi connectivity index (χ2n) is 7.24. The van der Waals surface area contributed by atoms with Gasteiger partial charge in [0.1, 0.15) is 5.82 Å². The molecule has 0 spiro atoms. The number of benzene rings is 2. The summed E-state index contributed by atoms with van der Waals surface area (Å²) >= 11 is 3.49. The van der Waals surface area contributed by atoms with Gasteiger partial charge < -0.3 is 9.88 Å². The van der Waals surface area contributed by atoms with Crippen LogP contribution in [0.1, 0.15) is 49.3 Å². The standard InChI is InChI=1S/C22H25BrFN3O/c1-3-4-5-15(2)13-25-22(28)21-26-19-11-8-17(23)12-20(19)27(21)14-16-6-9-18(24)10-7-16/h6-12,15H,3-5,13-14H2,1-2H3,(H,25,28)/t15-/m0/s1. The molecule has 0 saturated carbocycles. The lowest BCUT2D eigenvalue weighted by molar-refractivity contribution is 0.0933. The Balaban J connectivity index is 1.88. The van der Waals surface area contributed by atoms with Gasteiger partial charge in [-0.2, -0.15) is 0 Å². The maximum Gasteiger partial charge on any atom is 0.287 e. The van der Waals surface area contributed by atoms with Gasteiger partial charge in [-0.15, -0.1) is 0 Å². The van der Waals surface area contributed by atoms with E-state index in [-0.39, 0.29) is 11.7 Å². The van der Waals surface area contributed by atoms with Crippen molar-refractivity contribution in [2.45, 2.75) is 39.7 Å². The number of nitrogens with one attached hydrogen (secondary N) is 1. The van der Waals surface area contributed by atoms with Crippen molar-refractivity contribution >= 4 is 32.9 Å². The number of halogens is 2. The summed E-state index contributed by atoms with van der Waals surface area (Å²) < 4.78 is 16.1. The molecule has 1 aromatic heterocycles. The van der Waals surface area contributed by atoms with Crippen LogP contribution in [0.4, 0.5) is 4.39 Å². The third-order valence-electron chi connectivity index (χ3n) is 4.83. The largest absolute Gasteiger partial charge is 0.349 e. The van der Waals surface area contributed by atoms with Gasteiger partial charge in [0.25, 0.3) is 5.91 Å². The molecule has 0 unspecified atom stereocenters. The first-order valence-electron chi connectivity index (χ1n) is 9.66. The highest BCUT2D eigenvalue weighted by Crippen LogP contribution is 2.22. The van der Waals surface area contributed by atoms with Gasteiger partial charge in [0.05, 0.1) is 11.0 Å². The smallest absolute Gasteiger partial charge is 0.287 e. The van der Waals surface area contributed by atoms with Crippen LogP contribution in [0.25, 0.3) is 11.0 Å². The minimum absolute atomic E-state index is 0.183. The third kappa shape index (κ3) is 4.98. The molecule has 6 heteroatoms. The number of carbonyl (C=O) groups is 1. The van der Waals surface area contributed by atoms with E-state index in [1.165, 1.54) is 12.1 Å². The molecule has 28 heavy (non-hydrogen) atoms. The van der Waals surface area contributed by atoms with E-state index in [0.29, 0.717) is 24.8 Å². The topological polar surface area (TPSA) is 46.9 Å².